The highest BCUT2D eigenvalue weighted by Crippen LogP contribution is 2.32. The Kier molecular flexibility index (Phi) is 5.58. The Morgan fingerprint density at radius 1 is 1.00 bits per heavy atom. The van der Waals surface area contributed by atoms with Crippen LogP contribution in [0, 0.1) is 13.8 Å². The minimum absolute atomic E-state index is 0.0937. The van der Waals surface area contributed by atoms with E-state index in [1.54, 1.807) is 0 Å². The number of aryl methyl sites for hydroxylation is 2. The Hall–Kier alpha value is -3.31. The third kappa shape index (κ3) is 3.96. The van der Waals surface area contributed by atoms with Gasteiger partial charge >= 0.3 is 0 Å². The van der Waals surface area contributed by atoms with Crippen LogP contribution in [0.1, 0.15) is 27.9 Å². The van der Waals surface area contributed by atoms with Gasteiger partial charge in [-0.25, -0.2) is 0 Å². The Morgan fingerprint density at radius 2 is 1.88 bits per heavy atom. The van der Waals surface area contributed by atoms with Crippen molar-refractivity contribution in [3.63, 3.8) is 0 Å². The van der Waals surface area contributed by atoms with Crippen molar-refractivity contribution in [2.75, 3.05) is 21.9 Å². The summed E-state index contributed by atoms with van der Waals surface area (Å²) >= 11 is 1.85. The van der Waals surface area contributed by atoms with Crippen molar-refractivity contribution >= 4 is 40.0 Å². The van der Waals surface area contributed by atoms with Gasteiger partial charge in [-0.1, -0.05) is 30.3 Å². The number of hydrogen-bond donors (Lipinski definition) is 1. The molecule has 0 spiro atoms. The molecule has 1 aliphatic rings. The van der Waals surface area contributed by atoms with Gasteiger partial charge < -0.3 is 9.62 Å². The summed E-state index contributed by atoms with van der Waals surface area (Å²) in [6.45, 7) is 5.13. The number of nitrogens with zero attached hydrogens (tertiary/aromatic N) is 2. The van der Waals surface area contributed by atoms with Crippen LogP contribution in [-0.2, 0) is 0 Å². The van der Waals surface area contributed by atoms with Crippen LogP contribution in [0.2, 0.25) is 0 Å². The molecule has 1 fully saturated rings. The lowest BCUT2D eigenvalue weighted by molar-refractivity contribution is 0.102. The van der Waals surface area contributed by atoms with Crippen LogP contribution in [0.4, 0.5) is 11.4 Å². The minimum Gasteiger partial charge on any atom is -0.322 e. The second kappa shape index (κ2) is 8.67. The molecule has 0 radical (unpaired) electrons. The van der Waals surface area contributed by atoms with Gasteiger partial charge in [-0.15, -0.1) is 0 Å². The van der Waals surface area contributed by atoms with Crippen molar-refractivity contribution < 1.29 is 4.79 Å². The monoisotopic (exact) mass is 439 g/mol. The number of aromatic nitrogens is 1. The summed E-state index contributed by atoms with van der Waals surface area (Å²) < 4.78 is 2.30. The third-order valence-corrected chi connectivity index (χ3v) is 7.10. The highest BCUT2D eigenvalue weighted by molar-refractivity contribution is 8.00. The average Bonchev–Trinajstić information content (AvgIpc) is 3.35. The summed E-state index contributed by atoms with van der Waals surface area (Å²) in [5.74, 6) is 1.06. The van der Waals surface area contributed by atoms with E-state index < -0.39 is 0 Å². The second-order valence-electron chi connectivity index (χ2n) is 8.15. The van der Waals surface area contributed by atoms with Crippen LogP contribution < -0.4 is 9.62 Å². The molecule has 0 aliphatic carbocycles. The maximum atomic E-state index is 13.1. The van der Waals surface area contributed by atoms with Crippen molar-refractivity contribution in [1.82, 2.24) is 4.98 Å². The molecule has 4 aromatic rings. The molecule has 1 saturated heterocycles. The highest BCUT2D eigenvalue weighted by Gasteiger charge is 2.17. The molecule has 5 rings (SSSR count). The van der Waals surface area contributed by atoms with Gasteiger partial charge in [0.25, 0.3) is 5.91 Å². The number of pyridine rings is 1. The first kappa shape index (κ1) is 20.6. The first-order valence-corrected chi connectivity index (χ1v) is 11.8. The molecule has 1 aromatic heterocycles. The fraction of sp³-hybridized carbons (Fsp3) is 0.185. The largest absolute Gasteiger partial charge is 0.322 e. The van der Waals surface area contributed by atoms with Crippen molar-refractivity contribution in [3.05, 3.63) is 89.6 Å². The summed E-state index contributed by atoms with van der Waals surface area (Å²) in [5.41, 5.74) is 6.69. The number of hydrogen-bond acceptors (Lipinski definition) is 4. The molecule has 3 aromatic carbocycles. The summed E-state index contributed by atoms with van der Waals surface area (Å²) in [4.78, 5) is 17.7. The van der Waals surface area contributed by atoms with Crippen LogP contribution in [0.3, 0.4) is 0 Å². The summed E-state index contributed by atoms with van der Waals surface area (Å²) in [6.07, 6.45) is 3.04. The predicted molar refractivity (Wildman–Crippen MR) is 135 cm³/mol. The molecule has 0 bridgehead atoms. The van der Waals surface area contributed by atoms with E-state index in [2.05, 4.69) is 39.7 Å². The first-order valence-electron chi connectivity index (χ1n) is 10.9. The van der Waals surface area contributed by atoms with E-state index in [0.29, 0.717) is 5.56 Å². The molecule has 1 N–H and O–H groups in total. The van der Waals surface area contributed by atoms with Crippen LogP contribution in [0.5, 0.6) is 0 Å². The number of benzene rings is 3. The van der Waals surface area contributed by atoms with Crippen molar-refractivity contribution in [3.8, 4) is 11.3 Å². The van der Waals surface area contributed by atoms with Gasteiger partial charge in [-0.3, -0.25) is 9.78 Å². The van der Waals surface area contributed by atoms with Crippen LogP contribution in [-0.4, -0.2) is 23.2 Å². The van der Waals surface area contributed by atoms with Crippen LogP contribution >= 0.6 is 11.9 Å². The molecule has 0 unspecified atom stereocenters. The van der Waals surface area contributed by atoms with Crippen molar-refractivity contribution in [1.29, 1.82) is 0 Å². The van der Waals surface area contributed by atoms with Crippen LogP contribution in [0.15, 0.2) is 72.9 Å². The maximum absolute atomic E-state index is 13.1. The van der Waals surface area contributed by atoms with Gasteiger partial charge in [-0.05, 0) is 85.1 Å². The summed E-state index contributed by atoms with van der Waals surface area (Å²) in [5, 5.41) is 5.34. The van der Waals surface area contributed by atoms with Gasteiger partial charge in [0.2, 0.25) is 0 Å². The number of carbonyl (C=O) groups excluding carboxylic acids is 1. The molecule has 0 saturated carbocycles. The van der Waals surface area contributed by atoms with E-state index in [0.717, 1.165) is 51.1 Å². The summed E-state index contributed by atoms with van der Waals surface area (Å²) in [6, 6.07) is 22.4. The Labute approximate surface area is 192 Å². The Bertz CT molecular complexity index is 1310. The van der Waals surface area contributed by atoms with Crippen LogP contribution in [0.25, 0.3) is 22.0 Å². The van der Waals surface area contributed by atoms with E-state index in [1.807, 2.05) is 73.6 Å². The zero-order chi connectivity index (χ0) is 22.1. The van der Waals surface area contributed by atoms with E-state index in [4.69, 9.17) is 0 Å². The number of anilines is 2. The van der Waals surface area contributed by atoms with E-state index >= 15 is 0 Å². The highest BCUT2D eigenvalue weighted by atomic mass is 32.2. The molecule has 0 atom stereocenters. The first-order chi connectivity index (χ1) is 15.6. The molecule has 32 heavy (non-hydrogen) atoms. The number of nitrogens with one attached hydrogen (secondary N) is 1. The minimum atomic E-state index is -0.0937. The zero-order valence-corrected chi connectivity index (χ0v) is 19.1. The van der Waals surface area contributed by atoms with Gasteiger partial charge in [0.1, 0.15) is 0 Å². The number of carbonyl (C=O) groups is 1. The van der Waals surface area contributed by atoms with E-state index in [9.17, 15) is 4.79 Å². The Balaban J connectivity index is 1.43. The summed E-state index contributed by atoms with van der Waals surface area (Å²) in [7, 11) is 0. The molecule has 1 aliphatic heterocycles. The fourth-order valence-electron chi connectivity index (χ4n) is 4.20. The van der Waals surface area contributed by atoms with E-state index in [1.165, 1.54) is 12.1 Å². The molecule has 2 heterocycles. The number of amides is 1. The SMILES string of the molecule is Cc1cc(N2CCCS2)ccc1C(=O)Nc1ccc(C)c(-c2nccc3ccccc23)c1. The molecule has 160 valence electrons. The number of fused-ring (bicyclic) bond motifs is 1. The predicted octanol–water partition coefficient (Wildman–Crippen LogP) is 6.63. The molecule has 1 amide bonds. The molecular formula is C27H25N3OS. The molecule has 5 heteroatoms. The second-order valence-corrected chi connectivity index (χ2v) is 9.26. The van der Waals surface area contributed by atoms with Gasteiger partial charge in [0, 0.05) is 46.4 Å². The molecule has 4 nitrogen and oxygen atoms in total. The van der Waals surface area contributed by atoms with Gasteiger partial charge in [-0.2, -0.15) is 0 Å². The third-order valence-electron chi connectivity index (χ3n) is 5.92. The standard InChI is InChI=1S/C27H25N3OS/c1-18-8-9-21(17-25(18)26-24-7-4-3-6-20(24)12-13-28-26)29-27(31)23-11-10-22(16-19(23)2)30-14-5-15-32-30/h3-4,6-13,16-17H,5,14-15H2,1-2H3,(H,29,31). The fourth-order valence-corrected chi connectivity index (χ4v) is 5.20. The lowest BCUT2D eigenvalue weighted by Gasteiger charge is -2.18. The molecular weight excluding hydrogens is 414 g/mol. The zero-order valence-electron chi connectivity index (χ0n) is 18.3. The normalized spacial score (nSPS) is 13.5. The van der Waals surface area contributed by atoms with Crippen molar-refractivity contribution in [2.45, 2.75) is 20.3 Å². The lowest BCUT2D eigenvalue weighted by Crippen LogP contribution is -2.15. The van der Waals surface area contributed by atoms with Gasteiger partial charge in [0.15, 0.2) is 0 Å². The average molecular weight is 440 g/mol. The van der Waals surface area contributed by atoms with Crippen molar-refractivity contribution in [2.24, 2.45) is 0 Å². The topological polar surface area (TPSA) is 45.2 Å². The number of rotatable bonds is 4. The maximum Gasteiger partial charge on any atom is 0.255 e. The Morgan fingerprint density at radius 3 is 2.69 bits per heavy atom. The smallest absolute Gasteiger partial charge is 0.255 e. The quantitative estimate of drug-likeness (QED) is 0.363. The lowest BCUT2D eigenvalue weighted by atomic mass is 9.99. The van der Waals surface area contributed by atoms with E-state index in [-0.39, 0.29) is 5.91 Å². The van der Waals surface area contributed by atoms with Gasteiger partial charge in [0.05, 0.1) is 5.69 Å².